The number of pyridine rings is 1. The van der Waals surface area contributed by atoms with E-state index in [2.05, 4.69) is 32.4 Å². The van der Waals surface area contributed by atoms with E-state index in [0.29, 0.717) is 42.0 Å². The minimum absolute atomic E-state index is 0.0331. The van der Waals surface area contributed by atoms with Crippen LogP contribution in [-0.2, 0) is 16.1 Å². The van der Waals surface area contributed by atoms with Gasteiger partial charge in [0.15, 0.2) is 5.82 Å². The molecule has 12 heteroatoms. The summed E-state index contributed by atoms with van der Waals surface area (Å²) in [5, 5.41) is 11.3. The molecule has 1 unspecified atom stereocenters. The minimum atomic E-state index is -0.928. The smallest absolute Gasteiger partial charge is 0.407 e. The molecule has 4 aliphatic heterocycles. The van der Waals surface area contributed by atoms with Crippen molar-refractivity contribution in [3.05, 3.63) is 33.7 Å². The minimum Gasteiger partial charge on any atom is -0.472 e. The van der Waals surface area contributed by atoms with Crippen molar-refractivity contribution in [2.45, 2.75) is 63.9 Å². The first-order chi connectivity index (χ1) is 20.1. The molecule has 1 aromatic carbocycles. The van der Waals surface area contributed by atoms with Crippen LogP contribution in [0.5, 0.6) is 5.88 Å². The van der Waals surface area contributed by atoms with E-state index >= 15 is 4.39 Å². The molecule has 224 valence electrons. The molecule has 10 nitrogen and oxygen atoms in total. The molecule has 5 atom stereocenters. The molecule has 2 amide bonds. The zero-order valence-corrected chi connectivity index (χ0v) is 25.6. The molecule has 0 spiro atoms. The van der Waals surface area contributed by atoms with Gasteiger partial charge in [0.2, 0.25) is 11.8 Å². The molecule has 2 bridgehead atoms. The number of carbonyl (C=O) groups is 2. The molecule has 5 aliphatic rings. The highest BCUT2D eigenvalue weighted by Crippen LogP contribution is 2.52. The Morgan fingerprint density at radius 3 is 2.81 bits per heavy atom. The largest absolute Gasteiger partial charge is 0.472 e. The number of aryl methyl sites for hydroxylation is 1. The number of rotatable bonds is 6. The Kier molecular flexibility index (Phi) is 6.86. The molecule has 0 radical (unpaired) electrons. The number of morpholine rings is 1. The summed E-state index contributed by atoms with van der Waals surface area (Å²) >= 11 is 3.41. The van der Waals surface area contributed by atoms with Gasteiger partial charge in [-0.05, 0) is 80.3 Å². The summed E-state index contributed by atoms with van der Waals surface area (Å²) in [5.41, 5.74) is 2.58. The van der Waals surface area contributed by atoms with Crippen LogP contribution in [0.25, 0.3) is 21.8 Å². The SMILES string of the molecule is Cc1cc2c(nc(O[C@@H](C)C3CCCN3C)c3cc(CN4CCOCC4=O)n([C@H]4[C@@H]5C[C@H]4N(C(=O)O)C5)c32)c(F)c1Br. The van der Waals surface area contributed by atoms with Crippen LogP contribution in [0.3, 0.4) is 0 Å². The summed E-state index contributed by atoms with van der Waals surface area (Å²) in [4.78, 5) is 35.3. The van der Waals surface area contributed by atoms with Gasteiger partial charge >= 0.3 is 6.09 Å². The molecule has 42 heavy (non-hydrogen) atoms. The number of halogens is 2. The zero-order chi connectivity index (χ0) is 29.4. The van der Waals surface area contributed by atoms with E-state index in [9.17, 15) is 14.7 Å². The van der Waals surface area contributed by atoms with Gasteiger partial charge in [0.1, 0.15) is 18.2 Å². The third-order valence-corrected chi connectivity index (χ3v) is 10.8. The van der Waals surface area contributed by atoms with E-state index in [4.69, 9.17) is 14.5 Å². The maximum Gasteiger partial charge on any atom is 0.407 e. The lowest BCUT2D eigenvalue weighted by molar-refractivity contribution is -0.143. The van der Waals surface area contributed by atoms with Crippen LogP contribution in [0.2, 0.25) is 0 Å². The van der Waals surface area contributed by atoms with E-state index in [1.54, 1.807) is 4.90 Å². The Labute approximate surface area is 251 Å². The summed E-state index contributed by atoms with van der Waals surface area (Å²) in [6.07, 6.45) is 1.77. The molecule has 3 aromatic rings. The summed E-state index contributed by atoms with van der Waals surface area (Å²) < 4.78 is 30.4. The molecular formula is C30H35BrFN5O5. The lowest BCUT2D eigenvalue weighted by atomic mass is 9.79. The zero-order valence-electron chi connectivity index (χ0n) is 24.0. The van der Waals surface area contributed by atoms with E-state index in [-0.39, 0.29) is 48.2 Å². The van der Waals surface area contributed by atoms with Gasteiger partial charge in [-0.1, -0.05) is 0 Å². The number of likely N-dealkylation sites (N-methyl/N-ethyl adjacent to an activating group) is 1. The highest BCUT2D eigenvalue weighted by atomic mass is 79.9. The normalized spacial score (nSPS) is 26.8. The Morgan fingerprint density at radius 2 is 2.12 bits per heavy atom. The predicted octanol–water partition coefficient (Wildman–Crippen LogP) is 4.54. The van der Waals surface area contributed by atoms with Crippen molar-refractivity contribution in [3.8, 4) is 5.88 Å². The van der Waals surface area contributed by atoms with Crippen molar-refractivity contribution < 1.29 is 28.6 Å². The average molecular weight is 645 g/mol. The predicted molar refractivity (Wildman–Crippen MR) is 157 cm³/mol. The Bertz CT molecular complexity index is 1610. The number of likely N-dealkylation sites (tertiary alicyclic amines) is 1. The van der Waals surface area contributed by atoms with Gasteiger partial charge in [-0.25, -0.2) is 14.2 Å². The summed E-state index contributed by atoms with van der Waals surface area (Å²) in [7, 11) is 2.09. The van der Waals surface area contributed by atoms with Crippen molar-refractivity contribution in [2.24, 2.45) is 5.92 Å². The van der Waals surface area contributed by atoms with Crippen LogP contribution in [0.4, 0.5) is 9.18 Å². The lowest BCUT2D eigenvalue weighted by Gasteiger charge is -2.39. The fourth-order valence-electron chi connectivity index (χ4n) is 7.65. The van der Waals surface area contributed by atoms with Crippen LogP contribution < -0.4 is 4.74 Å². The van der Waals surface area contributed by atoms with Gasteiger partial charge in [0.05, 0.1) is 40.6 Å². The topological polar surface area (TPSA) is 100 Å². The number of aromatic nitrogens is 2. The van der Waals surface area contributed by atoms with Crippen LogP contribution in [0.1, 0.15) is 43.5 Å². The van der Waals surface area contributed by atoms with Gasteiger partial charge in [-0.3, -0.25) is 9.69 Å². The van der Waals surface area contributed by atoms with Crippen molar-refractivity contribution in [3.63, 3.8) is 0 Å². The molecule has 1 aliphatic carbocycles. The molecule has 1 N–H and O–H groups in total. The number of hydrogen-bond acceptors (Lipinski definition) is 6. The van der Waals surface area contributed by atoms with Crippen LogP contribution in [-0.4, -0.2) is 99.4 Å². The molecule has 6 heterocycles. The fraction of sp³-hybridized carbons (Fsp3) is 0.567. The third-order valence-electron chi connectivity index (χ3n) is 9.83. The van der Waals surface area contributed by atoms with Gasteiger partial charge in [-0.2, -0.15) is 0 Å². The number of fused-ring (bicyclic) bond motifs is 4. The monoisotopic (exact) mass is 643 g/mol. The molecule has 2 aromatic heterocycles. The van der Waals surface area contributed by atoms with E-state index in [1.165, 1.54) is 4.90 Å². The first kappa shape index (κ1) is 27.8. The summed E-state index contributed by atoms with van der Waals surface area (Å²) in [6.45, 7) is 6.62. The fourth-order valence-corrected chi connectivity index (χ4v) is 7.95. The maximum atomic E-state index is 15.9. The lowest BCUT2D eigenvalue weighted by Crippen LogP contribution is -2.44. The summed E-state index contributed by atoms with van der Waals surface area (Å²) in [5.74, 6) is -0.0651. The number of carbonyl (C=O) groups excluding carboxylic acids is 1. The number of benzene rings is 1. The number of hydrogen-bond donors (Lipinski definition) is 1. The second-order valence-corrected chi connectivity index (χ2v) is 13.1. The standard InChI is InChI=1S/C30H35BrFN5O5/c1-15-9-19-26(25(32)24(15)31)33-29(42-16(2)21-5-4-6-34(21)3)20-11-18(13-35-7-8-41-14-23(35)38)37(28(19)20)27-17-10-22(27)36(12-17)30(39)40/h9,11,16-17,21-22,27H,4-8,10,12-14H2,1-3H3,(H,39,40)/t16-,17+,21?,22+,27-/m0/s1. The number of carboxylic acid groups (broad SMARTS) is 1. The molecule has 8 rings (SSSR count). The first-order valence-corrected chi connectivity index (χ1v) is 15.5. The van der Waals surface area contributed by atoms with Gasteiger partial charge in [-0.15, -0.1) is 0 Å². The van der Waals surface area contributed by atoms with Crippen molar-refractivity contribution in [2.75, 3.05) is 39.9 Å². The third kappa shape index (κ3) is 4.28. The maximum absolute atomic E-state index is 15.9. The highest BCUT2D eigenvalue weighted by Gasteiger charge is 2.55. The number of amides is 2. The van der Waals surface area contributed by atoms with E-state index in [0.717, 1.165) is 48.0 Å². The number of nitrogens with zero attached hydrogens (tertiary/aromatic N) is 5. The van der Waals surface area contributed by atoms with Gasteiger partial charge in [0.25, 0.3) is 0 Å². The van der Waals surface area contributed by atoms with Crippen LogP contribution in [0, 0.1) is 18.7 Å². The van der Waals surface area contributed by atoms with Gasteiger partial charge < -0.3 is 28.9 Å². The average Bonchev–Trinajstić information content (AvgIpc) is 3.73. The van der Waals surface area contributed by atoms with Crippen LogP contribution >= 0.6 is 15.9 Å². The Hall–Kier alpha value is -2.96. The molecule has 1 saturated carbocycles. The first-order valence-electron chi connectivity index (χ1n) is 14.7. The molecule has 4 saturated heterocycles. The van der Waals surface area contributed by atoms with Crippen molar-refractivity contribution in [1.29, 1.82) is 0 Å². The molecule has 5 fully saturated rings. The summed E-state index contributed by atoms with van der Waals surface area (Å²) in [6, 6.07) is 3.84. The second kappa shape index (κ2) is 10.3. The Balaban J connectivity index is 1.45. The quantitative estimate of drug-likeness (QED) is 0.421. The van der Waals surface area contributed by atoms with E-state index < -0.39 is 11.9 Å². The van der Waals surface area contributed by atoms with Crippen molar-refractivity contribution in [1.82, 2.24) is 24.3 Å². The second-order valence-electron chi connectivity index (χ2n) is 12.3. The molecular weight excluding hydrogens is 609 g/mol. The van der Waals surface area contributed by atoms with Gasteiger partial charge in [0, 0.05) is 36.1 Å². The number of ether oxygens (including phenoxy) is 2. The Morgan fingerprint density at radius 1 is 1.31 bits per heavy atom. The highest BCUT2D eigenvalue weighted by molar-refractivity contribution is 9.10. The van der Waals surface area contributed by atoms with Crippen LogP contribution in [0.15, 0.2) is 16.6 Å². The van der Waals surface area contributed by atoms with Crippen molar-refractivity contribution >= 4 is 49.7 Å². The van der Waals surface area contributed by atoms with E-state index in [1.807, 2.05) is 26.0 Å².